The summed E-state index contributed by atoms with van der Waals surface area (Å²) >= 11 is 0. The Balaban J connectivity index is 3.22. The lowest BCUT2D eigenvalue weighted by Crippen LogP contribution is -2.16. The maximum atomic E-state index is 11.8. The Morgan fingerprint density at radius 2 is 1.20 bits per heavy atom. The number of methoxy groups -OCH3 is 2. The number of esters is 2. The highest BCUT2D eigenvalue weighted by Crippen LogP contribution is 2.28. The molecule has 0 amide bonds. The minimum absolute atomic E-state index is 0.172. The third kappa shape index (κ3) is 3.24. The van der Waals surface area contributed by atoms with Crippen molar-refractivity contribution in [2.24, 2.45) is 0 Å². The molecular weight excluding hydrogens is 260 g/mol. The number of rotatable bonds is 2. The van der Waals surface area contributed by atoms with E-state index in [0.29, 0.717) is 11.1 Å². The highest BCUT2D eigenvalue weighted by atomic mass is 16.5. The van der Waals surface area contributed by atoms with Gasteiger partial charge in [0, 0.05) is 22.3 Å². The molecule has 1 rings (SSSR count). The van der Waals surface area contributed by atoms with E-state index in [4.69, 9.17) is 10.5 Å². The van der Waals surface area contributed by atoms with Crippen LogP contribution in [0.15, 0.2) is 22.3 Å². The molecule has 0 N–H and O–H groups in total. The molecule has 0 aromatic heterocycles. The van der Waals surface area contributed by atoms with Crippen LogP contribution in [0.1, 0.15) is 25.7 Å². The lowest BCUT2D eigenvalue weighted by molar-refractivity contribution is -0.139. The summed E-state index contributed by atoms with van der Waals surface area (Å²) in [6.07, 6.45) is 0.797. The van der Waals surface area contributed by atoms with Gasteiger partial charge in [0.05, 0.1) is 26.4 Å². The Morgan fingerprint density at radius 3 is 1.45 bits per heavy atom. The van der Waals surface area contributed by atoms with Crippen LogP contribution in [0.25, 0.3) is 0 Å². The van der Waals surface area contributed by atoms with Crippen LogP contribution in [-0.4, -0.2) is 26.2 Å². The van der Waals surface area contributed by atoms with Crippen LogP contribution in [0, 0.1) is 22.7 Å². The second kappa shape index (κ2) is 7.10. The van der Waals surface area contributed by atoms with Crippen molar-refractivity contribution in [1.82, 2.24) is 0 Å². The molecule has 0 heterocycles. The molecule has 1 aliphatic carbocycles. The number of carbonyl (C=O) groups excluding carboxylic acids is 2. The molecule has 6 heteroatoms. The Hall–Kier alpha value is -2.60. The number of hydrogen-bond acceptors (Lipinski definition) is 6. The fraction of sp³-hybridized carbons (Fsp3) is 0.429. The first-order chi connectivity index (χ1) is 9.58. The monoisotopic (exact) mass is 274 g/mol. The van der Waals surface area contributed by atoms with E-state index in [-0.39, 0.29) is 36.8 Å². The minimum atomic E-state index is -0.608. The summed E-state index contributed by atoms with van der Waals surface area (Å²) in [7, 11) is 2.45. The van der Waals surface area contributed by atoms with Gasteiger partial charge in [-0.05, 0) is 25.7 Å². The zero-order valence-electron chi connectivity index (χ0n) is 11.4. The quantitative estimate of drug-likeness (QED) is 0.708. The van der Waals surface area contributed by atoms with Crippen LogP contribution in [0.3, 0.4) is 0 Å². The maximum Gasteiger partial charge on any atom is 0.334 e. The average Bonchev–Trinajstić information content (AvgIpc) is 2.46. The van der Waals surface area contributed by atoms with Crippen LogP contribution < -0.4 is 0 Å². The van der Waals surface area contributed by atoms with Crippen LogP contribution in [0.5, 0.6) is 0 Å². The molecular formula is C14H14N2O4. The van der Waals surface area contributed by atoms with Gasteiger partial charge in [0.2, 0.25) is 0 Å². The lowest BCUT2D eigenvalue weighted by atomic mass is 9.89. The predicted octanol–water partition coefficient (Wildman–Crippen LogP) is 1.55. The van der Waals surface area contributed by atoms with E-state index in [1.54, 1.807) is 0 Å². The molecule has 0 fully saturated rings. The molecule has 0 saturated carbocycles. The molecule has 0 saturated heterocycles. The van der Waals surface area contributed by atoms with E-state index in [2.05, 4.69) is 9.47 Å². The van der Waals surface area contributed by atoms with E-state index in [1.807, 2.05) is 12.1 Å². The molecule has 6 nitrogen and oxygen atoms in total. The molecule has 0 aliphatic heterocycles. The molecule has 20 heavy (non-hydrogen) atoms. The predicted molar refractivity (Wildman–Crippen MR) is 67.8 cm³/mol. The summed E-state index contributed by atoms with van der Waals surface area (Å²) in [6, 6.07) is 3.95. The van der Waals surface area contributed by atoms with Gasteiger partial charge >= 0.3 is 11.9 Å². The number of carbonyl (C=O) groups is 2. The second-order valence-corrected chi connectivity index (χ2v) is 4.12. The number of nitrogens with zero attached hydrogens (tertiary/aromatic N) is 2. The van der Waals surface area contributed by atoms with Crippen LogP contribution in [0.2, 0.25) is 0 Å². The highest BCUT2D eigenvalue weighted by molar-refractivity contribution is 6.00. The Bertz CT molecular complexity index is 523. The van der Waals surface area contributed by atoms with Crippen molar-refractivity contribution >= 4 is 11.9 Å². The molecule has 0 aromatic rings. The molecule has 1 aliphatic rings. The zero-order valence-corrected chi connectivity index (χ0v) is 11.4. The summed E-state index contributed by atoms with van der Waals surface area (Å²) in [4.78, 5) is 23.5. The van der Waals surface area contributed by atoms with Crippen molar-refractivity contribution < 1.29 is 19.1 Å². The number of ether oxygens (including phenoxy) is 2. The summed E-state index contributed by atoms with van der Waals surface area (Å²) in [5.41, 5.74) is 1.11. The first-order valence-electron chi connectivity index (χ1n) is 5.99. The fourth-order valence-electron chi connectivity index (χ4n) is 2.05. The molecule has 0 atom stereocenters. The van der Waals surface area contributed by atoms with Gasteiger partial charge in [0.15, 0.2) is 0 Å². The van der Waals surface area contributed by atoms with Gasteiger partial charge in [0.1, 0.15) is 0 Å². The molecule has 0 unspecified atom stereocenters. The number of nitriles is 2. The molecule has 0 bridgehead atoms. The van der Waals surface area contributed by atoms with Crippen LogP contribution in [0.4, 0.5) is 0 Å². The van der Waals surface area contributed by atoms with Gasteiger partial charge in [-0.15, -0.1) is 0 Å². The summed E-state index contributed by atoms with van der Waals surface area (Å²) in [6.45, 7) is 0. The minimum Gasteiger partial charge on any atom is -0.466 e. The third-order valence-electron chi connectivity index (χ3n) is 3.11. The van der Waals surface area contributed by atoms with Gasteiger partial charge < -0.3 is 9.47 Å². The van der Waals surface area contributed by atoms with E-state index >= 15 is 0 Å². The zero-order chi connectivity index (χ0) is 15.1. The standard InChI is InChI=1S/C14H14N2O4/c1-19-13(17)11-5-3-9(7-15)10(8-16)4-6-12(11)14(18)20-2/h3-6H2,1-2H3/b10-9-,12-11-. The smallest absolute Gasteiger partial charge is 0.334 e. The van der Waals surface area contributed by atoms with Gasteiger partial charge in [-0.25, -0.2) is 9.59 Å². The third-order valence-corrected chi connectivity index (χ3v) is 3.11. The van der Waals surface area contributed by atoms with Gasteiger partial charge in [-0.3, -0.25) is 0 Å². The van der Waals surface area contributed by atoms with Crippen molar-refractivity contribution in [3.05, 3.63) is 22.3 Å². The molecule has 0 spiro atoms. The Kier molecular flexibility index (Phi) is 5.49. The largest absolute Gasteiger partial charge is 0.466 e. The normalized spacial score (nSPS) is 22.8. The van der Waals surface area contributed by atoms with Crippen LogP contribution >= 0.6 is 0 Å². The first-order valence-corrected chi connectivity index (χ1v) is 5.99. The topological polar surface area (TPSA) is 100 Å². The van der Waals surface area contributed by atoms with Gasteiger partial charge in [0.25, 0.3) is 0 Å². The highest BCUT2D eigenvalue weighted by Gasteiger charge is 2.25. The number of hydrogen-bond donors (Lipinski definition) is 0. The van der Waals surface area contributed by atoms with Gasteiger partial charge in [-0.2, -0.15) is 10.5 Å². The van der Waals surface area contributed by atoms with E-state index in [9.17, 15) is 9.59 Å². The summed E-state index contributed by atoms with van der Waals surface area (Å²) in [5.74, 6) is -1.22. The Labute approximate surface area is 116 Å². The van der Waals surface area contributed by atoms with Crippen LogP contribution in [-0.2, 0) is 19.1 Å². The lowest BCUT2D eigenvalue weighted by Gasteiger charge is -2.15. The van der Waals surface area contributed by atoms with E-state index in [1.165, 1.54) is 14.2 Å². The Morgan fingerprint density at radius 1 is 0.850 bits per heavy atom. The molecule has 0 aromatic carbocycles. The van der Waals surface area contributed by atoms with Crippen molar-refractivity contribution in [2.45, 2.75) is 25.7 Å². The van der Waals surface area contributed by atoms with Crippen molar-refractivity contribution in [2.75, 3.05) is 14.2 Å². The van der Waals surface area contributed by atoms with Crippen molar-refractivity contribution in [3.8, 4) is 12.1 Å². The molecule has 104 valence electrons. The summed E-state index contributed by atoms with van der Waals surface area (Å²) < 4.78 is 9.33. The first kappa shape index (κ1) is 15.5. The average molecular weight is 274 g/mol. The van der Waals surface area contributed by atoms with Crippen molar-refractivity contribution in [1.29, 1.82) is 10.5 Å². The molecule has 0 radical (unpaired) electrons. The SMILES string of the molecule is COC(=O)/C1=C(\C(=O)OC)CC/C(C#N)=C(/C#N)CC1. The second-order valence-electron chi connectivity index (χ2n) is 4.12. The number of allylic oxidation sites excluding steroid dienone is 2. The summed E-state index contributed by atoms with van der Waals surface area (Å²) in [5, 5.41) is 18.1. The van der Waals surface area contributed by atoms with E-state index in [0.717, 1.165) is 0 Å². The van der Waals surface area contributed by atoms with Gasteiger partial charge in [-0.1, -0.05) is 0 Å². The van der Waals surface area contributed by atoms with E-state index < -0.39 is 11.9 Å². The maximum absolute atomic E-state index is 11.8. The van der Waals surface area contributed by atoms with Crippen molar-refractivity contribution in [3.63, 3.8) is 0 Å². The fourth-order valence-corrected chi connectivity index (χ4v) is 2.05.